The van der Waals surface area contributed by atoms with E-state index in [4.69, 9.17) is 24.4 Å². The van der Waals surface area contributed by atoms with Gasteiger partial charge in [0.25, 0.3) is 0 Å². The third kappa shape index (κ3) is 5.80. The molecular formula is C16H17FN4S2. The Balaban J connectivity index is 1.79. The van der Waals surface area contributed by atoms with Crippen LogP contribution in [0.2, 0.25) is 0 Å². The van der Waals surface area contributed by atoms with Crippen LogP contribution in [0.4, 0.5) is 15.8 Å². The van der Waals surface area contributed by atoms with Gasteiger partial charge in [0.15, 0.2) is 10.2 Å². The molecule has 0 aromatic heterocycles. The van der Waals surface area contributed by atoms with Gasteiger partial charge in [-0.3, -0.25) is 10.9 Å². The monoisotopic (exact) mass is 348 g/mol. The van der Waals surface area contributed by atoms with Gasteiger partial charge in [-0.1, -0.05) is 19.1 Å². The molecule has 4 N–H and O–H groups in total. The van der Waals surface area contributed by atoms with Crippen LogP contribution in [0.1, 0.15) is 12.5 Å². The molecule has 0 unspecified atom stereocenters. The minimum atomic E-state index is -0.299. The fourth-order valence-electron chi connectivity index (χ4n) is 1.84. The lowest BCUT2D eigenvalue weighted by Crippen LogP contribution is -2.45. The van der Waals surface area contributed by atoms with Crippen LogP contribution in [0, 0.1) is 5.82 Å². The highest BCUT2D eigenvalue weighted by Crippen LogP contribution is 2.11. The number of hydrogen-bond acceptors (Lipinski definition) is 2. The van der Waals surface area contributed by atoms with E-state index in [2.05, 4.69) is 34.5 Å². The maximum absolute atomic E-state index is 12.8. The van der Waals surface area contributed by atoms with Crippen LogP contribution in [0.15, 0.2) is 48.5 Å². The zero-order chi connectivity index (χ0) is 16.7. The Labute approximate surface area is 145 Å². The number of benzene rings is 2. The van der Waals surface area contributed by atoms with Gasteiger partial charge in [0, 0.05) is 11.4 Å². The van der Waals surface area contributed by atoms with Gasteiger partial charge in [-0.05, 0) is 72.8 Å². The first kappa shape index (κ1) is 17.1. The van der Waals surface area contributed by atoms with E-state index in [-0.39, 0.29) is 5.82 Å². The average molecular weight is 348 g/mol. The van der Waals surface area contributed by atoms with E-state index in [1.807, 2.05) is 18.2 Å². The molecule has 0 bridgehead atoms. The minimum absolute atomic E-state index is 0.299. The number of hydrazine groups is 1. The fourth-order valence-corrected chi connectivity index (χ4v) is 2.18. The SMILES string of the molecule is CCc1cccc(NC(=S)NNC(=S)Nc2ccc(F)cc2)c1. The molecule has 2 aromatic carbocycles. The molecule has 0 heterocycles. The summed E-state index contributed by atoms with van der Waals surface area (Å²) in [7, 11) is 0. The van der Waals surface area contributed by atoms with Gasteiger partial charge < -0.3 is 10.6 Å². The second kappa shape index (κ2) is 8.40. The summed E-state index contributed by atoms with van der Waals surface area (Å²) in [5.74, 6) is -0.299. The highest BCUT2D eigenvalue weighted by atomic mass is 32.1. The Morgan fingerprint density at radius 3 is 2.13 bits per heavy atom. The number of anilines is 2. The number of aryl methyl sites for hydroxylation is 1. The number of hydrogen-bond donors (Lipinski definition) is 4. The van der Waals surface area contributed by atoms with Crippen molar-refractivity contribution < 1.29 is 4.39 Å². The fraction of sp³-hybridized carbons (Fsp3) is 0.125. The molecule has 0 saturated carbocycles. The summed E-state index contributed by atoms with van der Waals surface area (Å²) in [5.41, 5.74) is 8.37. The lowest BCUT2D eigenvalue weighted by atomic mass is 10.1. The van der Waals surface area contributed by atoms with Crippen LogP contribution in [0.3, 0.4) is 0 Å². The number of rotatable bonds is 3. The van der Waals surface area contributed by atoms with E-state index in [9.17, 15) is 4.39 Å². The third-order valence-electron chi connectivity index (χ3n) is 2.98. The standard InChI is InChI=1S/C16H17FN4S2/c1-2-11-4-3-5-14(10-11)19-16(23)21-20-15(22)18-13-8-6-12(17)7-9-13/h3-10H,2H2,1H3,(H2,18,20,22)(H2,19,21,23). The lowest BCUT2D eigenvalue weighted by Gasteiger charge is -2.14. The molecule has 0 saturated heterocycles. The maximum Gasteiger partial charge on any atom is 0.189 e. The highest BCUT2D eigenvalue weighted by Gasteiger charge is 2.01. The van der Waals surface area contributed by atoms with Crippen molar-refractivity contribution in [1.29, 1.82) is 0 Å². The molecule has 0 fully saturated rings. The van der Waals surface area contributed by atoms with E-state index >= 15 is 0 Å². The van der Waals surface area contributed by atoms with E-state index in [0.29, 0.717) is 15.9 Å². The molecular weight excluding hydrogens is 331 g/mol. The Bertz CT molecular complexity index is 689. The largest absolute Gasteiger partial charge is 0.331 e. The van der Waals surface area contributed by atoms with Crippen LogP contribution in [-0.2, 0) is 6.42 Å². The van der Waals surface area contributed by atoms with E-state index in [1.54, 1.807) is 12.1 Å². The minimum Gasteiger partial charge on any atom is -0.331 e. The first-order valence-electron chi connectivity index (χ1n) is 7.05. The van der Waals surface area contributed by atoms with Crippen molar-refractivity contribution in [3.63, 3.8) is 0 Å². The van der Waals surface area contributed by atoms with Gasteiger partial charge in [0.2, 0.25) is 0 Å². The first-order valence-corrected chi connectivity index (χ1v) is 7.87. The molecule has 0 amide bonds. The van der Waals surface area contributed by atoms with Gasteiger partial charge in [0.05, 0.1) is 0 Å². The third-order valence-corrected chi connectivity index (χ3v) is 3.39. The van der Waals surface area contributed by atoms with Gasteiger partial charge in [-0.2, -0.15) is 0 Å². The van der Waals surface area contributed by atoms with Gasteiger partial charge in [-0.15, -0.1) is 0 Å². The maximum atomic E-state index is 12.8. The van der Waals surface area contributed by atoms with E-state index in [0.717, 1.165) is 12.1 Å². The average Bonchev–Trinajstić information content (AvgIpc) is 2.55. The highest BCUT2D eigenvalue weighted by molar-refractivity contribution is 7.81. The normalized spacial score (nSPS) is 9.83. The van der Waals surface area contributed by atoms with E-state index in [1.165, 1.54) is 17.7 Å². The molecule has 7 heteroatoms. The summed E-state index contributed by atoms with van der Waals surface area (Å²) < 4.78 is 12.8. The van der Waals surface area contributed by atoms with Crippen molar-refractivity contribution in [2.75, 3.05) is 10.6 Å². The molecule has 2 aromatic rings. The van der Waals surface area contributed by atoms with Crippen LogP contribution >= 0.6 is 24.4 Å². The van der Waals surface area contributed by atoms with Gasteiger partial charge >= 0.3 is 0 Å². The molecule has 0 aliphatic rings. The summed E-state index contributed by atoms with van der Waals surface area (Å²) in [5, 5.41) is 6.69. The molecule has 0 aliphatic heterocycles. The van der Waals surface area contributed by atoms with E-state index < -0.39 is 0 Å². The van der Waals surface area contributed by atoms with Crippen molar-refractivity contribution in [1.82, 2.24) is 10.9 Å². The Kier molecular flexibility index (Phi) is 6.25. The van der Waals surface area contributed by atoms with Crippen molar-refractivity contribution in [2.45, 2.75) is 13.3 Å². The zero-order valence-electron chi connectivity index (χ0n) is 12.5. The van der Waals surface area contributed by atoms with Gasteiger partial charge in [-0.25, -0.2) is 4.39 Å². The summed E-state index contributed by atoms with van der Waals surface area (Å²) >= 11 is 10.3. The van der Waals surface area contributed by atoms with Crippen molar-refractivity contribution in [3.05, 3.63) is 59.9 Å². The summed E-state index contributed by atoms with van der Waals surface area (Å²) in [6.45, 7) is 2.09. The first-order chi connectivity index (χ1) is 11.1. The van der Waals surface area contributed by atoms with Crippen LogP contribution in [0.25, 0.3) is 0 Å². The smallest absolute Gasteiger partial charge is 0.189 e. The summed E-state index contributed by atoms with van der Waals surface area (Å²) in [4.78, 5) is 0. The second-order valence-corrected chi connectivity index (χ2v) is 5.54. The van der Waals surface area contributed by atoms with Crippen LogP contribution in [0.5, 0.6) is 0 Å². The second-order valence-electron chi connectivity index (χ2n) is 4.72. The number of halogens is 1. The molecule has 0 spiro atoms. The predicted molar refractivity (Wildman–Crippen MR) is 101 cm³/mol. The number of thiocarbonyl (C=S) groups is 2. The molecule has 23 heavy (non-hydrogen) atoms. The summed E-state index contributed by atoms with van der Waals surface area (Å²) in [6.07, 6.45) is 0.958. The van der Waals surface area contributed by atoms with Crippen LogP contribution in [-0.4, -0.2) is 10.2 Å². The molecule has 2 rings (SSSR count). The topological polar surface area (TPSA) is 48.1 Å². The van der Waals surface area contributed by atoms with Crippen molar-refractivity contribution in [2.24, 2.45) is 0 Å². The predicted octanol–water partition coefficient (Wildman–Crippen LogP) is 3.58. The molecule has 4 nitrogen and oxygen atoms in total. The Morgan fingerprint density at radius 1 is 0.913 bits per heavy atom. The quantitative estimate of drug-likeness (QED) is 0.502. The zero-order valence-corrected chi connectivity index (χ0v) is 14.2. The van der Waals surface area contributed by atoms with Gasteiger partial charge in [0.1, 0.15) is 5.82 Å². The number of nitrogens with one attached hydrogen (secondary N) is 4. The molecule has 0 atom stereocenters. The van der Waals surface area contributed by atoms with Crippen molar-refractivity contribution in [3.8, 4) is 0 Å². The summed E-state index contributed by atoms with van der Waals surface area (Å²) in [6, 6.07) is 13.9. The molecule has 0 radical (unpaired) electrons. The van der Waals surface area contributed by atoms with Crippen LogP contribution < -0.4 is 21.5 Å². The Hall–Kier alpha value is -2.25. The molecule has 0 aliphatic carbocycles. The lowest BCUT2D eigenvalue weighted by molar-refractivity contribution is 0.628. The Morgan fingerprint density at radius 2 is 1.52 bits per heavy atom. The van der Waals surface area contributed by atoms with Crippen molar-refractivity contribution >= 4 is 46.0 Å². The molecule has 120 valence electrons.